The summed E-state index contributed by atoms with van der Waals surface area (Å²) in [5.41, 5.74) is 2.66. The molecule has 0 spiro atoms. The number of carbonyl (C=O) groups is 2. The first kappa shape index (κ1) is 23.4. The molecular weight excluding hydrogens is 440 g/mol. The third-order valence-electron chi connectivity index (χ3n) is 7.46. The van der Waals surface area contributed by atoms with Crippen LogP contribution < -0.4 is 10.2 Å². The van der Waals surface area contributed by atoms with E-state index in [1.54, 1.807) is 28.0 Å². The Morgan fingerprint density at radius 2 is 1.83 bits per heavy atom. The Labute approximate surface area is 206 Å². The van der Waals surface area contributed by atoms with Gasteiger partial charge < -0.3 is 9.73 Å². The zero-order valence-electron chi connectivity index (χ0n) is 20.8. The van der Waals surface area contributed by atoms with Gasteiger partial charge in [-0.25, -0.2) is 0 Å². The molecule has 2 aromatic heterocycles. The van der Waals surface area contributed by atoms with Crippen LogP contribution in [-0.4, -0.2) is 33.2 Å². The van der Waals surface area contributed by atoms with Crippen molar-refractivity contribution in [1.82, 2.24) is 15.1 Å². The fourth-order valence-electron chi connectivity index (χ4n) is 5.41. The fraction of sp³-hybridized carbons (Fsp3) is 0.464. The second-order valence-corrected chi connectivity index (χ2v) is 10.3. The number of carbonyl (C=O) groups excluding carboxylic acids is 2. The molecule has 3 heterocycles. The molecule has 0 bridgehead atoms. The van der Waals surface area contributed by atoms with E-state index in [0.29, 0.717) is 17.1 Å². The highest BCUT2D eigenvalue weighted by atomic mass is 16.3. The summed E-state index contributed by atoms with van der Waals surface area (Å²) in [5.74, 6) is 0.238. The number of aryl methyl sites for hydroxylation is 2. The van der Waals surface area contributed by atoms with Crippen molar-refractivity contribution < 1.29 is 14.0 Å². The number of furan rings is 1. The Morgan fingerprint density at radius 3 is 2.54 bits per heavy atom. The van der Waals surface area contributed by atoms with Crippen molar-refractivity contribution in [2.45, 2.75) is 83.8 Å². The maximum absolute atomic E-state index is 14.0. The first-order valence-corrected chi connectivity index (χ1v) is 12.7. The minimum atomic E-state index is -1.13. The third-order valence-corrected chi connectivity index (χ3v) is 7.46. The number of benzene rings is 1. The number of hydrogen-bond donors (Lipinski definition) is 1. The molecule has 184 valence electrons. The summed E-state index contributed by atoms with van der Waals surface area (Å²) in [6.45, 7) is 6.11. The van der Waals surface area contributed by atoms with Gasteiger partial charge in [-0.15, -0.1) is 0 Å². The second kappa shape index (κ2) is 9.36. The molecule has 2 amide bonds. The summed E-state index contributed by atoms with van der Waals surface area (Å²) in [5, 5.41) is 7.98. The lowest BCUT2D eigenvalue weighted by Crippen LogP contribution is -2.65. The van der Waals surface area contributed by atoms with Crippen molar-refractivity contribution >= 4 is 17.5 Å². The monoisotopic (exact) mass is 474 g/mol. The lowest BCUT2D eigenvalue weighted by molar-refractivity contribution is -0.127. The van der Waals surface area contributed by atoms with Gasteiger partial charge in [0.1, 0.15) is 16.9 Å². The van der Waals surface area contributed by atoms with E-state index >= 15 is 0 Å². The number of amides is 2. The molecule has 5 rings (SSSR count). The summed E-state index contributed by atoms with van der Waals surface area (Å²) in [6.07, 6.45) is 9.49. The molecular formula is C28H34N4O3. The smallest absolute Gasteiger partial charge is 0.277 e. The van der Waals surface area contributed by atoms with Crippen LogP contribution in [0.25, 0.3) is 11.5 Å². The molecule has 1 unspecified atom stereocenters. The predicted octanol–water partition coefficient (Wildman–Crippen LogP) is 5.41. The molecule has 0 saturated heterocycles. The first-order chi connectivity index (χ1) is 16.9. The topological polar surface area (TPSA) is 80.4 Å². The SMILES string of the molecule is Cc1ccc(C)c(N2C(=O)c3cc(-c4ccco4)nn3CC2(C)C(=O)NC2CCCCCCC2)c1. The number of nitrogens with one attached hydrogen (secondary N) is 1. The molecule has 1 saturated carbocycles. The van der Waals surface area contributed by atoms with Crippen LogP contribution in [0.3, 0.4) is 0 Å². The molecule has 1 N–H and O–H groups in total. The molecule has 0 radical (unpaired) electrons. The quantitative estimate of drug-likeness (QED) is 0.548. The molecule has 7 heteroatoms. The van der Waals surface area contributed by atoms with Gasteiger partial charge in [0, 0.05) is 17.8 Å². The van der Waals surface area contributed by atoms with Gasteiger partial charge >= 0.3 is 0 Å². The van der Waals surface area contributed by atoms with Crippen molar-refractivity contribution in [2.24, 2.45) is 0 Å². The lowest BCUT2D eigenvalue weighted by Gasteiger charge is -2.44. The Bertz CT molecular complexity index is 1220. The Morgan fingerprint density at radius 1 is 1.09 bits per heavy atom. The number of aromatic nitrogens is 2. The van der Waals surface area contributed by atoms with Crippen LogP contribution in [-0.2, 0) is 11.3 Å². The Hall–Kier alpha value is -3.35. The molecule has 2 aliphatic rings. The van der Waals surface area contributed by atoms with Crippen molar-refractivity contribution in [3.63, 3.8) is 0 Å². The Balaban J connectivity index is 1.55. The van der Waals surface area contributed by atoms with Crippen LogP contribution in [0.2, 0.25) is 0 Å². The normalized spacial score (nSPS) is 21.3. The molecule has 1 fully saturated rings. The van der Waals surface area contributed by atoms with Crippen LogP contribution in [0.5, 0.6) is 0 Å². The van der Waals surface area contributed by atoms with E-state index in [2.05, 4.69) is 10.4 Å². The van der Waals surface area contributed by atoms with Gasteiger partial charge in [-0.05, 0) is 62.9 Å². The molecule has 1 aliphatic carbocycles. The van der Waals surface area contributed by atoms with E-state index in [4.69, 9.17) is 4.42 Å². The summed E-state index contributed by atoms with van der Waals surface area (Å²) < 4.78 is 7.19. The second-order valence-electron chi connectivity index (χ2n) is 10.3. The molecule has 1 aromatic carbocycles. The largest absolute Gasteiger partial charge is 0.463 e. The highest BCUT2D eigenvalue weighted by molar-refractivity contribution is 6.12. The third kappa shape index (κ3) is 4.40. The summed E-state index contributed by atoms with van der Waals surface area (Å²) in [7, 11) is 0. The van der Waals surface area contributed by atoms with E-state index in [1.165, 1.54) is 19.3 Å². The van der Waals surface area contributed by atoms with Crippen molar-refractivity contribution in [3.05, 3.63) is 59.5 Å². The number of rotatable bonds is 4. The number of nitrogens with zero attached hydrogens (tertiary/aromatic N) is 3. The van der Waals surface area contributed by atoms with Crippen LogP contribution in [0.4, 0.5) is 5.69 Å². The Kier molecular flexibility index (Phi) is 6.26. The molecule has 1 atom stereocenters. The van der Waals surface area contributed by atoms with Gasteiger partial charge in [0.05, 0.1) is 12.8 Å². The predicted molar refractivity (Wildman–Crippen MR) is 135 cm³/mol. The number of hydrogen-bond acceptors (Lipinski definition) is 4. The van der Waals surface area contributed by atoms with Crippen molar-refractivity contribution in [2.75, 3.05) is 4.90 Å². The highest BCUT2D eigenvalue weighted by Crippen LogP contribution is 2.36. The zero-order valence-corrected chi connectivity index (χ0v) is 20.8. The number of fused-ring (bicyclic) bond motifs is 1. The minimum Gasteiger partial charge on any atom is -0.463 e. The van der Waals surface area contributed by atoms with Crippen molar-refractivity contribution in [3.8, 4) is 11.5 Å². The van der Waals surface area contributed by atoms with E-state index in [-0.39, 0.29) is 24.4 Å². The van der Waals surface area contributed by atoms with Crippen molar-refractivity contribution in [1.29, 1.82) is 0 Å². The van der Waals surface area contributed by atoms with Crippen LogP contribution in [0.1, 0.15) is 73.5 Å². The van der Waals surface area contributed by atoms with Gasteiger partial charge in [0.2, 0.25) is 5.91 Å². The molecule has 35 heavy (non-hydrogen) atoms. The van der Waals surface area contributed by atoms with Gasteiger partial charge in [0.25, 0.3) is 5.91 Å². The standard InChI is InChI=1S/C28H34N4O3/c1-19-13-14-20(2)23(16-19)32-26(33)24-17-22(25-12-9-15-35-25)30-31(24)18-28(32,3)27(34)29-21-10-7-5-4-6-8-11-21/h9,12-17,21H,4-8,10-11,18H2,1-3H3,(H,29,34). The summed E-state index contributed by atoms with van der Waals surface area (Å²) >= 11 is 0. The molecule has 1 aliphatic heterocycles. The first-order valence-electron chi connectivity index (χ1n) is 12.7. The average Bonchev–Trinajstić information content (AvgIpc) is 3.48. The number of anilines is 1. The van der Waals surface area contributed by atoms with Gasteiger partial charge in [-0.2, -0.15) is 5.10 Å². The summed E-state index contributed by atoms with van der Waals surface area (Å²) in [4.78, 5) is 29.7. The van der Waals surface area contributed by atoms with Gasteiger partial charge in [0.15, 0.2) is 5.76 Å². The van der Waals surface area contributed by atoms with Crippen LogP contribution in [0.15, 0.2) is 47.1 Å². The van der Waals surface area contributed by atoms with E-state index in [0.717, 1.165) is 42.5 Å². The van der Waals surface area contributed by atoms with E-state index in [1.807, 2.05) is 45.0 Å². The lowest BCUT2D eigenvalue weighted by atomic mass is 9.91. The highest BCUT2D eigenvalue weighted by Gasteiger charge is 2.49. The average molecular weight is 475 g/mol. The zero-order chi connectivity index (χ0) is 24.6. The van der Waals surface area contributed by atoms with E-state index in [9.17, 15) is 9.59 Å². The fourth-order valence-corrected chi connectivity index (χ4v) is 5.41. The van der Waals surface area contributed by atoms with Gasteiger partial charge in [-0.3, -0.25) is 19.2 Å². The minimum absolute atomic E-state index is 0.127. The molecule has 3 aromatic rings. The van der Waals surface area contributed by atoms with Crippen LogP contribution >= 0.6 is 0 Å². The van der Waals surface area contributed by atoms with E-state index < -0.39 is 5.54 Å². The summed E-state index contributed by atoms with van der Waals surface area (Å²) in [6, 6.07) is 11.5. The maximum atomic E-state index is 14.0. The molecule has 7 nitrogen and oxygen atoms in total. The van der Waals surface area contributed by atoms with Crippen LogP contribution in [0, 0.1) is 13.8 Å². The van der Waals surface area contributed by atoms with Gasteiger partial charge in [-0.1, -0.05) is 44.2 Å². The maximum Gasteiger partial charge on any atom is 0.277 e.